The van der Waals surface area contributed by atoms with Crippen molar-refractivity contribution in [3.63, 3.8) is 0 Å². The molecule has 0 bridgehead atoms. The van der Waals surface area contributed by atoms with Crippen LogP contribution in [-0.4, -0.2) is 34.8 Å². The number of hydrogen-bond donors (Lipinski definition) is 0. The minimum atomic E-state index is -0.939. The number of halogens is 2. The lowest BCUT2D eigenvalue weighted by atomic mass is 10.1. The van der Waals surface area contributed by atoms with E-state index in [0.717, 1.165) is 6.07 Å². The average molecular weight is 350 g/mol. The highest BCUT2D eigenvalue weighted by Gasteiger charge is 2.37. The maximum atomic E-state index is 13.9. The van der Waals surface area contributed by atoms with E-state index in [1.807, 2.05) is 13.8 Å². The Morgan fingerprint density at radius 2 is 2.08 bits per heavy atom. The van der Waals surface area contributed by atoms with Gasteiger partial charge in [-0.25, -0.2) is 18.6 Å². The van der Waals surface area contributed by atoms with E-state index in [1.54, 1.807) is 0 Å². The highest BCUT2D eigenvalue weighted by atomic mass is 19.2. The molecule has 25 heavy (non-hydrogen) atoms. The fourth-order valence-corrected chi connectivity index (χ4v) is 3.20. The van der Waals surface area contributed by atoms with Gasteiger partial charge in [-0.05, 0) is 18.4 Å². The molecule has 1 aromatic carbocycles. The average Bonchev–Trinajstić information content (AvgIpc) is 3.09. The number of esters is 1. The molecular formula is C18H20F2N2O3. The van der Waals surface area contributed by atoms with E-state index in [0.29, 0.717) is 25.2 Å². The van der Waals surface area contributed by atoms with Crippen molar-refractivity contribution in [3.8, 4) is 0 Å². The first-order chi connectivity index (χ1) is 11.9. The van der Waals surface area contributed by atoms with Crippen molar-refractivity contribution < 1.29 is 23.1 Å². The molecule has 0 radical (unpaired) electrons. The summed E-state index contributed by atoms with van der Waals surface area (Å²) in [6.07, 6.45) is 1.20. The molecule has 1 amide bonds. The normalized spacial score (nSPS) is 23.4. The van der Waals surface area contributed by atoms with Crippen LogP contribution in [0.3, 0.4) is 0 Å². The Hall–Kier alpha value is -2.31. The maximum absolute atomic E-state index is 13.9. The van der Waals surface area contributed by atoms with Gasteiger partial charge in [0.25, 0.3) is 0 Å². The smallest absolute Gasteiger partial charge is 0.337 e. The largest absolute Gasteiger partial charge is 0.410 e. The van der Waals surface area contributed by atoms with Crippen molar-refractivity contribution in [1.82, 2.24) is 4.90 Å². The summed E-state index contributed by atoms with van der Waals surface area (Å²) in [4.78, 5) is 29.8. The Bertz CT molecular complexity index is 733. The minimum absolute atomic E-state index is 0.0120. The number of likely N-dealkylation sites (tertiary alicyclic amines) is 1. The molecule has 5 nitrogen and oxygen atoms in total. The molecule has 0 N–H and O–H groups in total. The van der Waals surface area contributed by atoms with Crippen LogP contribution < -0.4 is 0 Å². The van der Waals surface area contributed by atoms with Gasteiger partial charge in [0.2, 0.25) is 5.91 Å². The lowest BCUT2D eigenvalue weighted by molar-refractivity contribution is -0.136. The number of cyclic esters (lactones) is 1. The first-order valence-corrected chi connectivity index (χ1v) is 8.37. The van der Waals surface area contributed by atoms with E-state index in [-0.39, 0.29) is 35.9 Å². The lowest BCUT2D eigenvalue weighted by Gasteiger charge is -2.24. The number of hydrogen-bond acceptors (Lipinski definition) is 4. The van der Waals surface area contributed by atoms with Crippen molar-refractivity contribution >= 4 is 17.8 Å². The number of aliphatic imine (C=N–C) groups is 1. The van der Waals surface area contributed by atoms with E-state index in [4.69, 9.17) is 4.74 Å². The zero-order chi connectivity index (χ0) is 18.1. The first-order valence-electron chi connectivity index (χ1n) is 8.37. The van der Waals surface area contributed by atoms with Gasteiger partial charge in [0.05, 0.1) is 0 Å². The monoisotopic (exact) mass is 350 g/mol. The van der Waals surface area contributed by atoms with Crippen molar-refractivity contribution in [1.29, 1.82) is 0 Å². The molecule has 0 spiro atoms. The molecule has 2 heterocycles. The number of carbonyl (C=O) groups is 2. The van der Waals surface area contributed by atoms with Crippen LogP contribution in [-0.2, 0) is 20.9 Å². The summed E-state index contributed by atoms with van der Waals surface area (Å²) in [5.41, 5.74) is 0.130. The summed E-state index contributed by atoms with van der Waals surface area (Å²) in [5, 5.41) is 0. The Morgan fingerprint density at radius 1 is 1.32 bits per heavy atom. The standard InChI is InChI=1S/C18H20F2N2O3/c1-10(2)17-18(24)25-14(21-17)8-12-6-7-15(23)22(12)9-11-4-3-5-13(19)16(11)20/h3-5,10,12,17H,6-9H2,1-2H3/t12-,17?/m0/s1. The molecule has 2 atom stereocenters. The maximum Gasteiger partial charge on any atom is 0.337 e. The van der Waals surface area contributed by atoms with Crippen molar-refractivity contribution in [2.75, 3.05) is 0 Å². The molecule has 2 aliphatic rings. The van der Waals surface area contributed by atoms with Gasteiger partial charge < -0.3 is 9.64 Å². The summed E-state index contributed by atoms with van der Waals surface area (Å²) in [7, 11) is 0. The van der Waals surface area contributed by atoms with E-state index in [2.05, 4.69) is 4.99 Å². The van der Waals surface area contributed by atoms with Gasteiger partial charge in [-0.3, -0.25) is 4.79 Å². The molecule has 7 heteroatoms. The Kier molecular flexibility index (Phi) is 4.83. The molecule has 3 rings (SSSR count). The van der Waals surface area contributed by atoms with Crippen LogP contribution in [0.25, 0.3) is 0 Å². The third kappa shape index (κ3) is 3.55. The second kappa shape index (κ2) is 6.90. The Labute approximate surface area is 144 Å². The predicted molar refractivity (Wildman–Crippen MR) is 86.7 cm³/mol. The van der Waals surface area contributed by atoms with Crippen molar-refractivity contribution in [2.24, 2.45) is 10.9 Å². The second-order valence-electron chi connectivity index (χ2n) is 6.76. The molecule has 0 saturated carbocycles. The van der Waals surface area contributed by atoms with Crippen molar-refractivity contribution in [2.45, 2.75) is 51.7 Å². The van der Waals surface area contributed by atoms with E-state index in [1.165, 1.54) is 17.0 Å². The molecule has 1 aromatic rings. The van der Waals surface area contributed by atoms with E-state index in [9.17, 15) is 18.4 Å². The highest BCUT2D eigenvalue weighted by Crippen LogP contribution is 2.27. The van der Waals surface area contributed by atoms with Crippen LogP contribution in [0.2, 0.25) is 0 Å². The number of benzene rings is 1. The van der Waals surface area contributed by atoms with E-state index >= 15 is 0 Å². The number of nitrogens with zero attached hydrogens (tertiary/aromatic N) is 2. The quantitative estimate of drug-likeness (QED) is 0.767. The molecule has 1 saturated heterocycles. The molecule has 0 aliphatic carbocycles. The van der Waals surface area contributed by atoms with Crippen LogP contribution in [0.1, 0.15) is 38.7 Å². The highest BCUT2D eigenvalue weighted by molar-refractivity contribution is 5.97. The third-order valence-corrected chi connectivity index (χ3v) is 4.61. The predicted octanol–water partition coefficient (Wildman–Crippen LogP) is 2.83. The van der Waals surface area contributed by atoms with Gasteiger partial charge in [-0.1, -0.05) is 26.0 Å². The fourth-order valence-electron chi connectivity index (χ4n) is 3.20. The SMILES string of the molecule is CC(C)C1N=C(C[C@@H]2CCC(=O)N2Cc2cccc(F)c2F)OC1=O. The van der Waals surface area contributed by atoms with Gasteiger partial charge in [0.15, 0.2) is 23.6 Å². The molecule has 1 fully saturated rings. The summed E-state index contributed by atoms with van der Waals surface area (Å²) in [6.45, 7) is 3.76. The lowest BCUT2D eigenvalue weighted by Crippen LogP contribution is -2.34. The minimum Gasteiger partial charge on any atom is -0.410 e. The van der Waals surface area contributed by atoms with Gasteiger partial charge >= 0.3 is 5.97 Å². The molecule has 134 valence electrons. The summed E-state index contributed by atoms with van der Waals surface area (Å²) >= 11 is 0. The van der Waals surface area contributed by atoms with Gasteiger partial charge in [0, 0.05) is 31.0 Å². The zero-order valence-corrected chi connectivity index (χ0v) is 14.2. The van der Waals surface area contributed by atoms with E-state index < -0.39 is 17.7 Å². The summed E-state index contributed by atoms with van der Waals surface area (Å²) in [6, 6.07) is 3.16. The fraction of sp³-hybridized carbons (Fsp3) is 0.500. The molecular weight excluding hydrogens is 330 g/mol. The third-order valence-electron chi connectivity index (χ3n) is 4.61. The van der Waals surface area contributed by atoms with Crippen LogP contribution in [0.15, 0.2) is 23.2 Å². The van der Waals surface area contributed by atoms with Crippen LogP contribution >= 0.6 is 0 Å². The van der Waals surface area contributed by atoms with Gasteiger partial charge in [0.1, 0.15) is 0 Å². The first kappa shape index (κ1) is 17.5. The summed E-state index contributed by atoms with van der Waals surface area (Å²) in [5.74, 6) is -2.03. The van der Waals surface area contributed by atoms with Crippen LogP contribution in [0, 0.1) is 17.6 Å². The number of amides is 1. The number of rotatable bonds is 5. The number of carbonyl (C=O) groups excluding carboxylic acids is 2. The van der Waals surface area contributed by atoms with Gasteiger partial charge in [-0.2, -0.15) is 0 Å². The molecule has 1 unspecified atom stereocenters. The van der Waals surface area contributed by atoms with Gasteiger partial charge in [-0.15, -0.1) is 0 Å². The van der Waals surface area contributed by atoms with Crippen LogP contribution in [0.4, 0.5) is 8.78 Å². The summed E-state index contributed by atoms with van der Waals surface area (Å²) < 4.78 is 32.5. The number of ether oxygens (including phenoxy) is 1. The molecule has 2 aliphatic heterocycles. The Balaban J connectivity index is 1.73. The van der Waals surface area contributed by atoms with Crippen molar-refractivity contribution in [3.05, 3.63) is 35.4 Å². The molecule has 0 aromatic heterocycles. The second-order valence-corrected chi connectivity index (χ2v) is 6.76. The van der Waals surface area contributed by atoms with Crippen LogP contribution in [0.5, 0.6) is 0 Å². The zero-order valence-electron chi connectivity index (χ0n) is 14.2. The topological polar surface area (TPSA) is 59.0 Å². The Morgan fingerprint density at radius 3 is 2.76 bits per heavy atom.